The van der Waals surface area contributed by atoms with Crippen LogP contribution in [0.2, 0.25) is 0 Å². The molecule has 0 N–H and O–H groups in total. The van der Waals surface area contributed by atoms with Crippen molar-refractivity contribution in [3.05, 3.63) is 131 Å². The normalized spacial score (nSPS) is 23.6. The summed E-state index contributed by atoms with van der Waals surface area (Å²) in [5.74, 6) is -0.416. The van der Waals surface area contributed by atoms with E-state index in [1.165, 1.54) is 27.2 Å². The molecule has 4 aromatic rings. The van der Waals surface area contributed by atoms with Crippen LogP contribution in [0.3, 0.4) is 0 Å². The maximum atomic E-state index is 13.8. The average molecular weight is 458 g/mol. The summed E-state index contributed by atoms with van der Waals surface area (Å²) in [7, 11) is 0. The van der Waals surface area contributed by atoms with Crippen LogP contribution in [0.1, 0.15) is 39.7 Å². The highest BCUT2D eigenvalue weighted by molar-refractivity contribution is 6.23. The summed E-state index contributed by atoms with van der Waals surface area (Å²) < 4.78 is 5.90. The standard InChI is InChI=1S/C31H23NO3/c33-30-28-26-22-10-4-5-11-23(22)27(25-13-7-6-12-24(25)26)29(28)31(34)32(30)20-14-16-21(17-15-20)35-18-19-8-2-1-3-9-19/h1-17,26-29H,18H2/t26?,27?,28-,29-/m1/s1. The number of rotatable bonds is 4. The highest BCUT2D eigenvalue weighted by atomic mass is 16.5. The maximum absolute atomic E-state index is 13.8. The summed E-state index contributed by atoms with van der Waals surface area (Å²) in [6, 6.07) is 33.9. The van der Waals surface area contributed by atoms with E-state index < -0.39 is 0 Å². The Kier molecular flexibility index (Phi) is 4.43. The van der Waals surface area contributed by atoms with E-state index in [1.54, 1.807) is 0 Å². The smallest absolute Gasteiger partial charge is 0.238 e. The van der Waals surface area contributed by atoms with E-state index in [2.05, 4.69) is 24.3 Å². The molecule has 170 valence electrons. The van der Waals surface area contributed by atoms with Crippen molar-refractivity contribution >= 4 is 17.5 Å². The van der Waals surface area contributed by atoms with Crippen LogP contribution >= 0.6 is 0 Å². The maximum Gasteiger partial charge on any atom is 0.238 e. The Morgan fingerprint density at radius 1 is 0.571 bits per heavy atom. The molecule has 4 nitrogen and oxygen atoms in total. The van der Waals surface area contributed by atoms with Crippen LogP contribution in [0.25, 0.3) is 0 Å². The molecular formula is C31H23NO3. The third-order valence-electron chi connectivity index (χ3n) is 7.79. The minimum Gasteiger partial charge on any atom is -0.489 e. The first-order valence-corrected chi connectivity index (χ1v) is 12.0. The summed E-state index contributed by atoms with van der Waals surface area (Å²) in [6.07, 6.45) is 0. The molecule has 1 aliphatic heterocycles. The Morgan fingerprint density at radius 2 is 1.03 bits per heavy atom. The predicted octanol–water partition coefficient (Wildman–Crippen LogP) is 5.66. The fourth-order valence-electron chi connectivity index (χ4n) is 6.36. The molecule has 0 unspecified atom stereocenters. The van der Waals surface area contributed by atoms with E-state index in [-0.39, 0.29) is 35.5 Å². The number of amides is 2. The van der Waals surface area contributed by atoms with Crippen molar-refractivity contribution in [3.8, 4) is 5.75 Å². The van der Waals surface area contributed by atoms with Crippen LogP contribution < -0.4 is 9.64 Å². The number of hydrogen-bond acceptors (Lipinski definition) is 3. The van der Waals surface area contributed by atoms with Gasteiger partial charge in [0, 0.05) is 11.8 Å². The molecular weight excluding hydrogens is 434 g/mol. The van der Waals surface area contributed by atoms with Gasteiger partial charge in [0.25, 0.3) is 0 Å². The number of benzene rings is 4. The molecule has 35 heavy (non-hydrogen) atoms. The van der Waals surface area contributed by atoms with Gasteiger partial charge >= 0.3 is 0 Å². The molecule has 3 aliphatic carbocycles. The summed E-state index contributed by atoms with van der Waals surface area (Å²) >= 11 is 0. The zero-order chi connectivity index (χ0) is 23.5. The summed E-state index contributed by atoms with van der Waals surface area (Å²) in [5, 5.41) is 0. The van der Waals surface area contributed by atoms with Gasteiger partial charge in [-0.2, -0.15) is 0 Å². The number of ether oxygens (including phenoxy) is 1. The monoisotopic (exact) mass is 457 g/mol. The lowest BCUT2D eigenvalue weighted by atomic mass is 9.55. The van der Waals surface area contributed by atoms with Crippen LogP contribution in [0.5, 0.6) is 5.75 Å². The van der Waals surface area contributed by atoms with Crippen molar-refractivity contribution in [2.24, 2.45) is 11.8 Å². The van der Waals surface area contributed by atoms with Gasteiger partial charge in [-0.15, -0.1) is 0 Å². The summed E-state index contributed by atoms with van der Waals surface area (Å²) in [5.41, 5.74) is 6.43. The molecule has 0 saturated carbocycles. The van der Waals surface area contributed by atoms with Gasteiger partial charge in [0.15, 0.2) is 0 Å². The average Bonchev–Trinajstić information content (AvgIpc) is 3.18. The number of nitrogens with zero attached hydrogens (tertiary/aromatic N) is 1. The van der Waals surface area contributed by atoms with E-state index in [9.17, 15) is 9.59 Å². The number of anilines is 1. The molecule has 0 aromatic heterocycles. The number of hydrogen-bond donors (Lipinski definition) is 0. The highest BCUT2D eigenvalue weighted by Gasteiger charge is 2.61. The molecule has 2 amide bonds. The third-order valence-corrected chi connectivity index (χ3v) is 7.79. The van der Waals surface area contributed by atoms with E-state index >= 15 is 0 Å². The Morgan fingerprint density at radius 3 is 1.51 bits per heavy atom. The van der Waals surface area contributed by atoms with Crippen LogP contribution in [0.4, 0.5) is 5.69 Å². The van der Waals surface area contributed by atoms with Crippen LogP contribution in [-0.2, 0) is 16.2 Å². The van der Waals surface area contributed by atoms with Crippen molar-refractivity contribution in [2.45, 2.75) is 18.4 Å². The van der Waals surface area contributed by atoms with Crippen LogP contribution in [0.15, 0.2) is 103 Å². The minimum absolute atomic E-state index is 0.0904. The van der Waals surface area contributed by atoms with E-state index in [4.69, 9.17) is 4.74 Å². The van der Waals surface area contributed by atoms with E-state index in [0.29, 0.717) is 18.0 Å². The molecule has 1 heterocycles. The third kappa shape index (κ3) is 2.93. The van der Waals surface area contributed by atoms with Gasteiger partial charge in [-0.25, -0.2) is 4.90 Å². The van der Waals surface area contributed by atoms with E-state index in [1.807, 2.05) is 78.9 Å². The van der Waals surface area contributed by atoms with Gasteiger partial charge in [0.05, 0.1) is 17.5 Å². The molecule has 4 aromatic carbocycles. The number of imide groups is 1. The van der Waals surface area contributed by atoms with Gasteiger partial charge in [-0.1, -0.05) is 78.9 Å². The fraction of sp³-hybridized carbons (Fsp3) is 0.161. The van der Waals surface area contributed by atoms with Gasteiger partial charge < -0.3 is 4.74 Å². The Bertz CT molecular complexity index is 1340. The minimum atomic E-state index is -0.369. The summed E-state index contributed by atoms with van der Waals surface area (Å²) in [4.78, 5) is 29.1. The molecule has 8 rings (SSSR count). The molecule has 1 fully saturated rings. The molecule has 0 spiro atoms. The molecule has 0 radical (unpaired) electrons. The second-order valence-corrected chi connectivity index (χ2v) is 9.54. The first kappa shape index (κ1) is 20.2. The lowest BCUT2D eigenvalue weighted by Crippen LogP contribution is -2.41. The van der Waals surface area contributed by atoms with Crippen LogP contribution in [0, 0.1) is 11.8 Å². The topological polar surface area (TPSA) is 46.6 Å². The lowest BCUT2D eigenvalue weighted by molar-refractivity contribution is -0.122. The molecule has 2 atom stereocenters. The zero-order valence-electron chi connectivity index (χ0n) is 19.0. The highest BCUT2D eigenvalue weighted by Crippen LogP contribution is 2.61. The number of carbonyl (C=O) groups is 2. The second-order valence-electron chi connectivity index (χ2n) is 9.54. The molecule has 1 saturated heterocycles. The van der Waals surface area contributed by atoms with Gasteiger partial charge in [-0.05, 0) is 52.1 Å². The van der Waals surface area contributed by atoms with Crippen LogP contribution in [-0.4, -0.2) is 11.8 Å². The quantitative estimate of drug-likeness (QED) is 0.372. The first-order chi connectivity index (χ1) is 17.2. The number of carbonyl (C=O) groups excluding carboxylic acids is 2. The molecule has 4 heteroatoms. The fourth-order valence-corrected chi connectivity index (χ4v) is 6.36. The van der Waals surface area contributed by atoms with Gasteiger partial charge in [0.1, 0.15) is 12.4 Å². The summed E-state index contributed by atoms with van der Waals surface area (Å²) in [6.45, 7) is 0.464. The van der Waals surface area contributed by atoms with Gasteiger partial charge in [-0.3, -0.25) is 9.59 Å². The van der Waals surface area contributed by atoms with Crippen molar-refractivity contribution in [2.75, 3.05) is 4.90 Å². The Hall–Kier alpha value is -4.18. The Balaban J connectivity index is 1.22. The Labute approximate surface area is 203 Å². The van der Waals surface area contributed by atoms with Crippen molar-refractivity contribution in [1.29, 1.82) is 0 Å². The predicted molar refractivity (Wildman–Crippen MR) is 133 cm³/mol. The van der Waals surface area contributed by atoms with Crippen molar-refractivity contribution < 1.29 is 14.3 Å². The van der Waals surface area contributed by atoms with Crippen molar-refractivity contribution in [1.82, 2.24) is 0 Å². The zero-order valence-corrected chi connectivity index (χ0v) is 19.0. The van der Waals surface area contributed by atoms with Crippen molar-refractivity contribution in [3.63, 3.8) is 0 Å². The molecule has 2 bridgehead atoms. The first-order valence-electron chi connectivity index (χ1n) is 12.0. The largest absolute Gasteiger partial charge is 0.489 e. The molecule has 4 aliphatic rings. The second kappa shape index (κ2) is 7.67. The van der Waals surface area contributed by atoms with Gasteiger partial charge in [0.2, 0.25) is 11.8 Å². The SMILES string of the molecule is O=C1[C@@H]2C3c4ccccc4C(c4ccccc43)[C@H]2C(=O)N1c1ccc(OCc2ccccc2)cc1. The van der Waals surface area contributed by atoms with E-state index in [0.717, 1.165) is 5.56 Å². The lowest BCUT2D eigenvalue weighted by Gasteiger charge is -2.45.